The van der Waals surface area contributed by atoms with Gasteiger partial charge in [0.2, 0.25) is 0 Å². The topological polar surface area (TPSA) is 0 Å². The lowest BCUT2D eigenvalue weighted by Crippen LogP contribution is -2.04. The summed E-state index contributed by atoms with van der Waals surface area (Å²) in [5.74, 6) is -0.906. The molecule has 75 valence electrons. The summed E-state index contributed by atoms with van der Waals surface area (Å²) >= 11 is -0.639. The third-order valence-electron chi connectivity index (χ3n) is 1.07. The van der Waals surface area contributed by atoms with Crippen LogP contribution in [0.3, 0.4) is 0 Å². The number of hydrogen-bond acceptors (Lipinski definition) is 0. The van der Waals surface area contributed by atoms with Crippen molar-refractivity contribution in [2.45, 2.75) is 6.18 Å². The lowest BCUT2D eigenvalue weighted by atomic mass is 10.2. The van der Waals surface area contributed by atoms with Gasteiger partial charge in [0, 0.05) is 0 Å². The molecule has 14 heavy (non-hydrogen) atoms. The second-order valence-corrected chi connectivity index (χ2v) is 4.65. The second kappa shape index (κ2) is 6.71. The van der Waals surface area contributed by atoms with Crippen LogP contribution >= 0.6 is 18.1 Å². The third-order valence-corrected chi connectivity index (χ3v) is 1.07. The van der Waals surface area contributed by atoms with Crippen LogP contribution in [0.2, 0.25) is 0 Å². The lowest BCUT2D eigenvalue weighted by molar-refractivity contribution is -0.138. The van der Waals surface area contributed by atoms with E-state index in [0.717, 1.165) is 12.1 Å². The summed E-state index contributed by atoms with van der Waals surface area (Å²) in [4.78, 5) is 0. The van der Waals surface area contributed by atoms with Gasteiger partial charge in [0.25, 0.3) is 0 Å². The van der Waals surface area contributed by atoms with Crippen LogP contribution in [0, 0.1) is 11.9 Å². The van der Waals surface area contributed by atoms with E-state index in [9.17, 15) is 17.6 Å². The minimum atomic E-state index is -4.51. The minimum absolute atomic E-state index is 0.403. The molecule has 0 N–H and O–H groups in total. The number of halogens is 6. The third kappa shape index (κ3) is 5.90. The fourth-order valence-corrected chi connectivity index (χ4v) is 0.602. The fraction of sp³-hybridized carbons (Fsp3) is 0.143. The Morgan fingerprint density at radius 1 is 1.29 bits per heavy atom. The number of rotatable bonds is 0. The van der Waals surface area contributed by atoms with E-state index in [1.165, 1.54) is 0 Å². The van der Waals surface area contributed by atoms with Crippen molar-refractivity contribution >= 4 is 36.3 Å². The zero-order valence-corrected chi connectivity index (χ0v) is 9.63. The Bertz CT molecular complexity index is 277. The summed E-state index contributed by atoms with van der Waals surface area (Å²) in [7, 11) is 9.81. The molecular formula is C7H3Cl2F4Mg. The average molecular weight is 258 g/mol. The SMILES string of the molecule is Fc1cc[c]c(C(F)(F)F)c1.[Cl][Mg][Cl]. The summed E-state index contributed by atoms with van der Waals surface area (Å²) in [5, 5.41) is 0. The highest BCUT2D eigenvalue weighted by Crippen LogP contribution is 2.28. The van der Waals surface area contributed by atoms with Gasteiger partial charge in [-0.15, -0.1) is 0 Å². The fourth-order valence-electron chi connectivity index (χ4n) is 0.602. The first kappa shape index (κ1) is 14.3. The van der Waals surface area contributed by atoms with Crippen molar-refractivity contribution in [3.63, 3.8) is 0 Å². The molecule has 7 heteroatoms. The first-order chi connectivity index (χ1) is 6.41. The van der Waals surface area contributed by atoms with Gasteiger partial charge in [-0.1, -0.05) is 6.07 Å². The molecule has 0 amide bonds. The van der Waals surface area contributed by atoms with E-state index >= 15 is 0 Å². The molecule has 0 atom stereocenters. The van der Waals surface area contributed by atoms with Gasteiger partial charge in [0.1, 0.15) is 5.82 Å². The summed E-state index contributed by atoms with van der Waals surface area (Å²) in [6, 6.07) is 4.10. The molecule has 1 rings (SSSR count). The molecule has 0 saturated heterocycles. The molecule has 1 aromatic carbocycles. The molecule has 0 saturated carbocycles. The number of benzene rings is 1. The Morgan fingerprint density at radius 3 is 2.07 bits per heavy atom. The monoisotopic (exact) mass is 257 g/mol. The van der Waals surface area contributed by atoms with Gasteiger partial charge in [-0.2, -0.15) is 13.2 Å². The summed E-state index contributed by atoms with van der Waals surface area (Å²) in [5.41, 5.74) is -1.09. The molecule has 0 spiro atoms. The van der Waals surface area contributed by atoms with Crippen LogP contribution in [0.5, 0.6) is 0 Å². The molecule has 0 aliphatic carbocycles. The van der Waals surface area contributed by atoms with Gasteiger partial charge in [0.05, 0.1) is 5.56 Å². The molecule has 0 fully saturated rings. The molecule has 1 radical (unpaired) electrons. The normalized spacial score (nSPS) is 9.86. The van der Waals surface area contributed by atoms with E-state index in [0.29, 0.717) is 6.07 Å². The molecule has 0 aliphatic heterocycles. The van der Waals surface area contributed by atoms with Crippen LogP contribution in [0.4, 0.5) is 17.6 Å². The van der Waals surface area contributed by atoms with Crippen molar-refractivity contribution in [1.29, 1.82) is 0 Å². The van der Waals surface area contributed by atoms with Gasteiger partial charge >= 0.3 is 24.3 Å². The van der Waals surface area contributed by atoms with Crippen molar-refractivity contribution in [1.82, 2.24) is 0 Å². The van der Waals surface area contributed by atoms with Crippen molar-refractivity contribution in [2.75, 3.05) is 0 Å². The second-order valence-electron chi connectivity index (χ2n) is 2.02. The molecule has 1 aromatic rings. The zero-order valence-electron chi connectivity index (χ0n) is 6.71. The van der Waals surface area contributed by atoms with Gasteiger partial charge in [-0.3, -0.25) is 0 Å². The van der Waals surface area contributed by atoms with Gasteiger partial charge in [-0.05, 0) is 18.2 Å². The predicted molar refractivity (Wildman–Crippen MR) is 47.7 cm³/mol. The van der Waals surface area contributed by atoms with Crippen LogP contribution in [-0.2, 0) is 6.18 Å². The van der Waals surface area contributed by atoms with Crippen LogP contribution < -0.4 is 0 Å². The first-order valence-electron chi connectivity index (χ1n) is 3.28. The van der Waals surface area contributed by atoms with Crippen molar-refractivity contribution in [3.8, 4) is 0 Å². The quantitative estimate of drug-likeness (QED) is 0.492. The molecule has 0 aromatic heterocycles. The predicted octanol–water partition coefficient (Wildman–Crippen LogP) is 3.64. The molecular weight excluding hydrogens is 255 g/mol. The van der Waals surface area contributed by atoms with Crippen molar-refractivity contribution < 1.29 is 17.6 Å². The highest BCUT2D eigenvalue weighted by Gasteiger charge is 2.30. The zero-order chi connectivity index (χ0) is 11.2. The maximum atomic E-state index is 12.2. The Balaban J connectivity index is 0.000000500. The van der Waals surface area contributed by atoms with Crippen LogP contribution in [0.15, 0.2) is 18.2 Å². The smallest absolute Gasteiger partial charge is 0.309 e. The van der Waals surface area contributed by atoms with E-state index in [4.69, 9.17) is 18.1 Å². The Morgan fingerprint density at radius 2 is 1.79 bits per heavy atom. The van der Waals surface area contributed by atoms with E-state index in [2.05, 4.69) is 0 Å². The lowest BCUT2D eigenvalue weighted by Gasteiger charge is -2.04. The van der Waals surface area contributed by atoms with Crippen LogP contribution in [0.1, 0.15) is 5.56 Å². The summed E-state index contributed by atoms with van der Waals surface area (Å²) < 4.78 is 47.5. The highest BCUT2D eigenvalue weighted by molar-refractivity contribution is 7.22. The Hall–Kier alpha value is 0.286. The largest absolute Gasteiger partial charge is 0.618 e. The van der Waals surface area contributed by atoms with Gasteiger partial charge < -0.3 is 18.1 Å². The first-order valence-corrected chi connectivity index (χ1v) is 7.55. The summed E-state index contributed by atoms with van der Waals surface area (Å²) in [6.45, 7) is 0. The number of alkyl halides is 3. The van der Waals surface area contributed by atoms with Gasteiger partial charge in [-0.25, -0.2) is 4.39 Å². The molecule has 0 bridgehead atoms. The van der Waals surface area contributed by atoms with Crippen LogP contribution in [0.25, 0.3) is 0 Å². The Kier molecular flexibility index (Phi) is 6.85. The van der Waals surface area contributed by atoms with E-state index < -0.39 is 35.7 Å². The van der Waals surface area contributed by atoms with Crippen molar-refractivity contribution in [2.24, 2.45) is 0 Å². The standard InChI is InChI=1S/C7H3F4.2ClH.Mg/c8-6-3-1-2-5(4-6)7(9,10)11;;;/h1,3-4H;2*1H;/q;;;+2/p-2. The maximum absolute atomic E-state index is 12.2. The average Bonchev–Trinajstić information content (AvgIpc) is 2.04. The maximum Gasteiger partial charge on any atom is 0.618 e. The van der Waals surface area contributed by atoms with E-state index in [1.807, 2.05) is 6.07 Å². The highest BCUT2D eigenvalue weighted by atomic mass is 35.6. The van der Waals surface area contributed by atoms with Gasteiger partial charge in [0.15, 0.2) is 0 Å². The van der Waals surface area contributed by atoms with Crippen molar-refractivity contribution in [3.05, 3.63) is 35.6 Å². The van der Waals surface area contributed by atoms with Crippen LogP contribution in [-0.4, -0.2) is 18.2 Å². The molecule has 0 unspecified atom stereocenters. The molecule has 0 aliphatic rings. The summed E-state index contributed by atoms with van der Waals surface area (Å²) in [6.07, 6.45) is -4.51. The number of hydrogen-bond donors (Lipinski definition) is 0. The molecule has 0 heterocycles. The van der Waals surface area contributed by atoms with E-state index in [-0.39, 0.29) is 0 Å². The Labute approximate surface area is 95.5 Å². The van der Waals surface area contributed by atoms with E-state index in [1.54, 1.807) is 0 Å². The minimum Gasteiger partial charge on any atom is -0.309 e. The molecule has 0 nitrogen and oxygen atoms in total.